The van der Waals surface area contributed by atoms with Crippen molar-refractivity contribution in [3.63, 3.8) is 0 Å². The van der Waals surface area contributed by atoms with Gasteiger partial charge in [0.25, 0.3) is 0 Å². The van der Waals surface area contributed by atoms with E-state index in [2.05, 4.69) is 4.72 Å². The van der Waals surface area contributed by atoms with Gasteiger partial charge in [-0.25, -0.2) is 13.1 Å². The molecule has 1 heterocycles. The minimum atomic E-state index is -3.52. The lowest BCUT2D eigenvalue weighted by molar-refractivity contribution is -0.00924. The molecule has 6 heteroatoms. The van der Waals surface area contributed by atoms with Gasteiger partial charge in [-0.1, -0.05) is 12.1 Å². The van der Waals surface area contributed by atoms with Gasteiger partial charge in [-0.2, -0.15) is 0 Å². The molecule has 104 valence electrons. The number of nitrogens with two attached hydrogens (primary N) is 1. The largest absolute Gasteiger partial charge is 0.376 e. The van der Waals surface area contributed by atoms with Crippen molar-refractivity contribution in [3.05, 3.63) is 29.8 Å². The van der Waals surface area contributed by atoms with Gasteiger partial charge in [-0.05, 0) is 31.0 Å². The summed E-state index contributed by atoms with van der Waals surface area (Å²) in [5.74, 6) is 0.296. The van der Waals surface area contributed by atoms with E-state index >= 15 is 0 Å². The monoisotopic (exact) mass is 282 g/mol. The van der Waals surface area contributed by atoms with Crippen LogP contribution in [0, 0.1) is 12.8 Å². The zero-order valence-electron chi connectivity index (χ0n) is 10.7. The van der Waals surface area contributed by atoms with Crippen molar-refractivity contribution in [2.24, 2.45) is 11.7 Å². The molecule has 1 saturated heterocycles. The van der Waals surface area contributed by atoms with E-state index in [0.717, 1.165) is 12.0 Å². The van der Waals surface area contributed by atoms with Crippen LogP contribution < -0.4 is 10.5 Å². The molecular formula is C13H18N2O3S. The van der Waals surface area contributed by atoms with Crippen molar-refractivity contribution in [1.29, 1.82) is 0 Å². The van der Waals surface area contributed by atoms with Crippen LogP contribution >= 0.6 is 0 Å². The highest BCUT2D eigenvalue weighted by Crippen LogP contribution is 2.38. The molecule has 2 aliphatic rings. The summed E-state index contributed by atoms with van der Waals surface area (Å²) in [7, 11) is -3.52. The molecule has 0 radical (unpaired) electrons. The van der Waals surface area contributed by atoms with Gasteiger partial charge in [0.1, 0.15) is 0 Å². The van der Waals surface area contributed by atoms with E-state index in [1.165, 1.54) is 0 Å². The second kappa shape index (κ2) is 4.56. The van der Waals surface area contributed by atoms with Gasteiger partial charge in [0.2, 0.25) is 10.0 Å². The number of aryl methyl sites for hydroxylation is 1. The van der Waals surface area contributed by atoms with Crippen LogP contribution in [-0.4, -0.2) is 33.2 Å². The van der Waals surface area contributed by atoms with E-state index in [-0.39, 0.29) is 23.1 Å². The molecule has 19 heavy (non-hydrogen) atoms. The van der Waals surface area contributed by atoms with Crippen molar-refractivity contribution >= 4 is 10.0 Å². The minimum absolute atomic E-state index is 0.0606. The Morgan fingerprint density at radius 2 is 2.21 bits per heavy atom. The topological polar surface area (TPSA) is 81.4 Å². The molecule has 0 bridgehead atoms. The summed E-state index contributed by atoms with van der Waals surface area (Å²) < 4.78 is 32.8. The Morgan fingerprint density at radius 3 is 2.95 bits per heavy atom. The number of hydrogen-bond donors (Lipinski definition) is 2. The fraction of sp³-hybridized carbons (Fsp3) is 0.538. The zero-order valence-corrected chi connectivity index (χ0v) is 11.6. The smallest absolute Gasteiger partial charge is 0.240 e. The molecule has 3 rings (SSSR count). The van der Waals surface area contributed by atoms with E-state index < -0.39 is 10.0 Å². The number of ether oxygens (including phenoxy) is 1. The Morgan fingerprint density at radius 1 is 1.42 bits per heavy atom. The van der Waals surface area contributed by atoms with Crippen LogP contribution in [0.2, 0.25) is 0 Å². The summed E-state index contributed by atoms with van der Waals surface area (Å²) in [5, 5.41) is 0. The van der Waals surface area contributed by atoms with Crippen molar-refractivity contribution in [2.75, 3.05) is 6.61 Å². The maximum atomic E-state index is 12.3. The van der Waals surface area contributed by atoms with Crippen LogP contribution in [0.5, 0.6) is 0 Å². The first-order valence-electron chi connectivity index (χ1n) is 6.45. The Hall–Kier alpha value is -0.950. The second-order valence-corrected chi connectivity index (χ2v) is 7.04. The van der Waals surface area contributed by atoms with Crippen molar-refractivity contribution in [1.82, 2.24) is 4.72 Å². The van der Waals surface area contributed by atoms with E-state index in [1.807, 2.05) is 13.0 Å². The van der Waals surface area contributed by atoms with Crippen LogP contribution in [0.15, 0.2) is 29.2 Å². The average Bonchev–Trinajstić information content (AvgIpc) is 2.81. The molecule has 0 aromatic heterocycles. The van der Waals surface area contributed by atoms with E-state index in [1.54, 1.807) is 18.2 Å². The number of rotatable bonds is 3. The van der Waals surface area contributed by atoms with Gasteiger partial charge >= 0.3 is 0 Å². The predicted molar refractivity (Wildman–Crippen MR) is 71.1 cm³/mol. The maximum Gasteiger partial charge on any atom is 0.240 e. The minimum Gasteiger partial charge on any atom is -0.376 e. The predicted octanol–water partition coefficient (Wildman–Crippen LogP) is 0.388. The average molecular weight is 282 g/mol. The van der Waals surface area contributed by atoms with Gasteiger partial charge in [-0.3, -0.25) is 0 Å². The Labute approximate surface area is 113 Å². The van der Waals surface area contributed by atoms with Gasteiger partial charge in [0.15, 0.2) is 0 Å². The molecule has 1 aliphatic carbocycles. The van der Waals surface area contributed by atoms with Gasteiger partial charge in [0.05, 0.1) is 17.0 Å². The molecule has 4 unspecified atom stereocenters. The molecule has 5 nitrogen and oxygen atoms in total. The quantitative estimate of drug-likeness (QED) is 0.840. The van der Waals surface area contributed by atoms with E-state index in [0.29, 0.717) is 12.5 Å². The third-order valence-corrected chi connectivity index (χ3v) is 5.49. The van der Waals surface area contributed by atoms with Crippen LogP contribution in [0.4, 0.5) is 0 Å². The summed E-state index contributed by atoms with van der Waals surface area (Å²) in [4.78, 5) is 0.279. The standard InChI is InChI=1S/C13H18N2O3S/c1-8-3-2-4-9(7-8)19(16,17)15-12-11(14)10-5-6-18-13(10)12/h2-4,7,10-13,15H,5-6,14H2,1H3. The molecule has 0 spiro atoms. The summed E-state index contributed by atoms with van der Waals surface area (Å²) in [5.41, 5.74) is 6.93. The normalized spacial score (nSPS) is 33.8. The van der Waals surface area contributed by atoms with Crippen molar-refractivity contribution in [2.45, 2.75) is 36.4 Å². The lowest BCUT2D eigenvalue weighted by atomic mass is 9.73. The maximum absolute atomic E-state index is 12.3. The van der Waals surface area contributed by atoms with E-state index in [4.69, 9.17) is 10.5 Å². The lowest BCUT2D eigenvalue weighted by Crippen LogP contribution is -2.68. The highest BCUT2D eigenvalue weighted by atomic mass is 32.2. The Bertz CT molecular complexity index is 587. The number of sulfonamides is 1. The first-order chi connectivity index (χ1) is 8.99. The fourth-order valence-corrected chi connectivity index (χ4v) is 4.31. The summed E-state index contributed by atoms with van der Waals surface area (Å²) in [6.07, 6.45) is 0.865. The first-order valence-corrected chi connectivity index (χ1v) is 7.93. The lowest BCUT2D eigenvalue weighted by Gasteiger charge is -2.45. The molecular weight excluding hydrogens is 264 g/mol. The summed E-state index contributed by atoms with van der Waals surface area (Å²) in [6, 6.07) is 6.39. The SMILES string of the molecule is Cc1cccc(S(=O)(=O)NC2C(N)C3CCOC32)c1. The molecule has 1 aromatic rings. The Balaban J connectivity index is 1.79. The fourth-order valence-electron chi connectivity index (χ4n) is 2.92. The highest BCUT2D eigenvalue weighted by Gasteiger charge is 2.53. The summed E-state index contributed by atoms with van der Waals surface area (Å²) >= 11 is 0. The molecule has 1 aliphatic heterocycles. The van der Waals surface area contributed by atoms with Crippen molar-refractivity contribution < 1.29 is 13.2 Å². The number of hydrogen-bond acceptors (Lipinski definition) is 4. The van der Waals surface area contributed by atoms with E-state index in [9.17, 15) is 8.42 Å². The van der Waals surface area contributed by atoms with Gasteiger partial charge in [-0.15, -0.1) is 0 Å². The molecule has 2 fully saturated rings. The van der Waals surface area contributed by atoms with Crippen LogP contribution in [0.3, 0.4) is 0 Å². The highest BCUT2D eigenvalue weighted by molar-refractivity contribution is 7.89. The molecule has 0 amide bonds. The number of benzene rings is 1. The van der Waals surface area contributed by atoms with Crippen LogP contribution in [0.25, 0.3) is 0 Å². The third kappa shape index (κ3) is 2.18. The second-order valence-electron chi connectivity index (χ2n) is 5.33. The first kappa shape index (κ1) is 13.1. The third-order valence-electron chi connectivity index (χ3n) is 4.04. The molecule has 3 N–H and O–H groups in total. The molecule has 1 saturated carbocycles. The number of nitrogens with one attached hydrogen (secondary N) is 1. The number of fused-ring (bicyclic) bond motifs is 1. The molecule has 4 atom stereocenters. The zero-order chi connectivity index (χ0) is 13.6. The van der Waals surface area contributed by atoms with Crippen LogP contribution in [-0.2, 0) is 14.8 Å². The Kier molecular flexibility index (Phi) is 3.13. The van der Waals surface area contributed by atoms with Gasteiger partial charge in [0, 0.05) is 18.6 Å². The van der Waals surface area contributed by atoms with Gasteiger partial charge < -0.3 is 10.5 Å². The summed E-state index contributed by atoms with van der Waals surface area (Å²) in [6.45, 7) is 2.54. The van der Waals surface area contributed by atoms with Crippen molar-refractivity contribution in [3.8, 4) is 0 Å². The molecule has 1 aromatic carbocycles. The van der Waals surface area contributed by atoms with Crippen LogP contribution in [0.1, 0.15) is 12.0 Å².